The third kappa shape index (κ3) is 4.89. The van der Waals surface area contributed by atoms with Crippen LogP contribution in [-0.4, -0.2) is 28.7 Å². The normalized spacial score (nSPS) is 10.6. The monoisotopic (exact) mass is 410 g/mol. The van der Waals surface area contributed by atoms with Crippen molar-refractivity contribution in [2.75, 3.05) is 0 Å². The number of amides is 3. The van der Waals surface area contributed by atoms with Crippen LogP contribution in [0.5, 0.6) is 0 Å². The molecule has 0 unspecified atom stereocenters. The van der Waals surface area contributed by atoms with Crippen LogP contribution in [0.3, 0.4) is 0 Å². The fourth-order valence-corrected chi connectivity index (χ4v) is 2.82. The van der Waals surface area contributed by atoms with E-state index < -0.39 is 17.7 Å². The molecule has 1 heterocycles. The predicted molar refractivity (Wildman–Crippen MR) is 111 cm³/mol. The van der Waals surface area contributed by atoms with E-state index in [0.717, 1.165) is 5.56 Å². The summed E-state index contributed by atoms with van der Waals surface area (Å²) in [7, 11) is 0. The third-order valence-electron chi connectivity index (χ3n) is 4.02. The molecule has 0 atom stereocenters. The maximum absolute atomic E-state index is 12.7. The van der Waals surface area contributed by atoms with Gasteiger partial charge in [0.25, 0.3) is 5.91 Å². The number of carbonyl (C=O) groups is 3. The summed E-state index contributed by atoms with van der Waals surface area (Å²) in [5.74, 6) is -2.35. The first-order valence-electron chi connectivity index (χ1n) is 8.92. The van der Waals surface area contributed by atoms with Crippen molar-refractivity contribution >= 4 is 40.2 Å². The number of nitrogens with one attached hydrogen (secondary N) is 3. The van der Waals surface area contributed by atoms with Gasteiger partial charge in [-0.3, -0.25) is 25.2 Å². The van der Waals surface area contributed by atoms with Crippen LogP contribution in [0.1, 0.15) is 24.2 Å². The molecule has 2 aromatic carbocycles. The minimum atomic E-state index is -0.955. The summed E-state index contributed by atoms with van der Waals surface area (Å²) in [6.07, 6.45) is 0. The molecule has 29 heavy (non-hydrogen) atoms. The molecule has 0 fully saturated rings. The van der Waals surface area contributed by atoms with E-state index in [9.17, 15) is 14.4 Å². The molecule has 0 radical (unpaired) electrons. The average Bonchev–Trinajstić information content (AvgIpc) is 2.71. The van der Waals surface area contributed by atoms with E-state index in [4.69, 9.17) is 11.6 Å². The molecule has 0 bridgehead atoms. The lowest BCUT2D eigenvalue weighted by molar-refractivity contribution is -0.139. The van der Waals surface area contributed by atoms with Crippen molar-refractivity contribution in [1.82, 2.24) is 21.2 Å². The van der Waals surface area contributed by atoms with Gasteiger partial charge in [0, 0.05) is 22.0 Å². The van der Waals surface area contributed by atoms with Gasteiger partial charge in [0.05, 0.1) is 16.8 Å². The summed E-state index contributed by atoms with van der Waals surface area (Å²) >= 11 is 5.95. The van der Waals surface area contributed by atoms with Gasteiger partial charge in [0.2, 0.25) is 0 Å². The Hall–Kier alpha value is -3.45. The lowest BCUT2D eigenvalue weighted by Gasteiger charge is -2.12. The highest BCUT2D eigenvalue weighted by atomic mass is 35.5. The Morgan fingerprint density at radius 2 is 1.62 bits per heavy atom. The number of carbonyl (C=O) groups excluding carboxylic acids is 3. The molecule has 3 rings (SSSR count). The van der Waals surface area contributed by atoms with E-state index in [-0.39, 0.29) is 6.04 Å². The number of nitrogens with zero attached hydrogens (tertiary/aromatic N) is 1. The van der Waals surface area contributed by atoms with Gasteiger partial charge in [-0.1, -0.05) is 41.9 Å². The maximum atomic E-state index is 12.7. The maximum Gasteiger partial charge on any atom is 0.327 e. The summed E-state index contributed by atoms with van der Waals surface area (Å²) in [6, 6.07) is 15.7. The van der Waals surface area contributed by atoms with Crippen LogP contribution in [0.2, 0.25) is 5.02 Å². The number of hydrogen-bond donors (Lipinski definition) is 3. The van der Waals surface area contributed by atoms with Gasteiger partial charge >= 0.3 is 11.8 Å². The van der Waals surface area contributed by atoms with Crippen molar-refractivity contribution < 1.29 is 14.4 Å². The first-order valence-corrected chi connectivity index (χ1v) is 9.30. The largest absolute Gasteiger partial charge is 0.346 e. The summed E-state index contributed by atoms with van der Waals surface area (Å²) < 4.78 is 0. The Kier molecular flexibility index (Phi) is 6.09. The third-order valence-corrected chi connectivity index (χ3v) is 4.27. The molecule has 3 aromatic rings. The number of hydrogen-bond acceptors (Lipinski definition) is 4. The number of aromatic nitrogens is 1. The van der Waals surface area contributed by atoms with Gasteiger partial charge in [0.15, 0.2) is 0 Å². The van der Waals surface area contributed by atoms with Crippen LogP contribution in [0, 0.1) is 0 Å². The van der Waals surface area contributed by atoms with Crippen LogP contribution >= 0.6 is 11.6 Å². The van der Waals surface area contributed by atoms with Crippen molar-refractivity contribution in [1.29, 1.82) is 0 Å². The molecule has 0 aliphatic rings. The van der Waals surface area contributed by atoms with Gasteiger partial charge < -0.3 is 5.32 Å². The number of benzene rings is 2. The minimum absolute atomic E-state index is 0.199. The van der Waals surface area contributed by atoms with Crippen molar-refractivity contribution in [3.8, 4) is 11.3 Å². The molecule has 3 N–H and O–H groups in total. The van der Waals surface area contributed by atoms with Crippen LogP contribution in [0.15, 0.2) is 54.6 Å². The number of fused-ring (bicyclic) bond motifs is 1. The van der Waals surface area contributed by atoms with Gasteiger partial charge in [-0.15, -0.1) is 0 Å². The molecular weight excluding hydrogens is 392 g/mol. The summed E-state index contributed by atoms with van der Waals surface area (Å²) in [5.41, 5.74) is 6.71. The Labute approximate surface area is 172 Å². The van der Waals surface area contributed by atoms with E-state index >= 15 is 0 Å². The van der Waals surface area contributed by atoms with Crippen molar-refractivity contribution in [3.05, 3.63) is 65.2 Å². The molecule has 0 aliphatic carbocycles. The Balaban J connectivity index is 1.89. The van der Waals surface area contributed by atoms with Gasteiger partial charge in [0.1, 0.15) is 0 Å². The molecular formula is C21H19ClN4O3. The second kappa shape index (κ2) is 8.70. The van der Waals surface area contributed by atoms with Gasteiger partial charge in [-0.05, 0) is 38.1 Å². The number of halogens is 1. The highest BCUT2D eigenvalue weighted by molar-refractivity contribution is 6.35. The summed E-state index contributed by atoms with van der Waals surface area (Å²) in [5, 5.41) is 3.65. The smallest absolute Gasteiger partial charge is 0.327 e. The molecule has 0 saturated carbocycles. The van der Waals surface area contributed by atoms with E-state index in [1.54, 1.807) is 62.4 Å². The van der Waals surface area contributed by atoms with Crippen molar-refractivity contribution in [3.63, 3.8) is 0 Å². The molecule has 1 aromatic heterocycles. The van der Waals surface area contributed by atoms with E-state index in [2.05, 4.69) is 21.2 Å². The fourth-order valence-electron chi connectivity index (χ4n) is 2.70. The molecule has 0 aliphatic heterocycles. The number of pyridine rings is 1. The Morgan fingerprint density at radius 1 is 0.931 bits per heavy atom. The van der Waals surface area contributed by atoms with E-state index in [1.807, 2.05) is 6.07 Å². The number of para-hydroxylation sites is 1. The predicted octanol–water partition coefficient (Wildman–Crippen LogP) is 2.84. The lowest BCUT2D eigenvalue weighted by atomic mass is 10.0. The first-order chi connectivity index (χ1) is 13.8. The molecule has 0 saturated heterocycles. The van der Waals surface area contributed by atoms with Crippen LogP contribution in [-0.2, 0) is 9.59 Å². The van der Waals surface area contributed by atoms with Crippen LogP contribution in [0.25, 0.3) is 22.2 Å². The molecule has 7 nitrogen and oxygen atoms in total. The zero-order chi connectivity index (χ0) is 21.0. The lowest BCUT2D eigenvalue weighted by Crippen LogP contribution is -2.49. The Morgan fingerprint density at radius 3 is 2.31 bits per heavy atom. The van der Waals surface area contributed by atoms with Gasteiger partial charge in [-0.2, -0.15) is 0 Å². The second-order valence-corrected chi connectivity index (χ2v) is 7.05. The van der Waals surface area contributed by atoms with Crippen molar-refractivity contribution in [2.45, 2.75) is 19.9 Å². The van der Waals surface area contributed by atoms with Crippen molar-refractivity contribution in [2.24, 2.45) is 0 Å². The number of rotatable bonds is 3. The fraction of sp³-hybridized carbons (Fsp3) is 0.143. The standard InChI is InChI=1S/C21H19ClN4O3/c1-12(2)23-20(28)21(29)26-25-19(27)16-11-18(13-7-9-14(22)10-8-13)24-17-6-4-3-5-15(16)17/h3-12H,1-2H3,(H,23,28)(H,25,27)(H,26,29). The zero-order valence-electron chi connectivity index (χ0n) is 15.8. The average molecular weight is 411 g/mol. The quantitative estimate of drug-likeness (QED) is 0.456. The SMILES string of the molecule is CC(C)NC(=O)C(=O)NNC(=O)c1cc(-c2ccc(Cl)cc2)nc2ccccc12. The molecule has 148 valence electrons. The molecule has 0 spiro atoms. The van der Waals surface area contributed by atoms with Crippen LogP contribution < -0.4 is 16.2 Å². The van der Waals surface area contributed by atoms with Gasteiger partial charge in [-0.25, -0.2) is 4.98 Å². The second-order valence-electron chi connectivity index (χ2n) is 6.62. The first kappa shape index (κ1) is 20.3. The highest BCUT2D eigenvalue weighted by Gasteiger charge is 2.18. The summed E-state index contributed by atoms with van der Waals surface area (Å²) in [4.78, 5) is 40.9. The zero-order valence-corrected chi connectivity index (χ0v) is 16.6. The Bertz CT molecular complexity index is 1080. The topological polar surface area (TPSA) is 100 Å². The van der Waals surface area contributed by atoms with Crippen LogP contribution in [0.4, 0.5) is 0 Å². The molecule has 3 amide bonds. The highest BCUT2D eigenvalue weighted by Crippen LogP contribution is 2.25. The van der Waals surface area contributed by atoms with E-state index in [0.29, 0.717) is 27.2 Å². The molecule has 8 heteroatoms. The number of hydrazine groups is 1. The van der Waals surface area contributed by atoms with E-state index in [1.165, 1.54) is 0 Å². The minimum Gasteiger partial charge on any atom is -0.346 e. The summed E-state index contributed by atoms with van der Waals surface area (Å²) in [6.45, 7) is 3.45.